The zero-order valence-electron chi connectivity index (χ0n) is 13.7. The summed E-state index contributed by atoms with van der Waals surface area (Å²) in [5.41, 5.74) is 3.02. The van der Waals surface area contributed by atoms with E-state index >= 15 is 0 Å². The molecule has 0 unspecified atom stereocenters. The predicted octanol–water partition coefficient (Wildman–Crippen LogP) is 4.47. The molecule has 2 N–H and O–H groups in total. The summed E-state index contributed by atoms with van der Waals surface area (Å²) in [6.07, 6.45) is 0.282. The minimum absolute atomic E-state index is 0.132. The highest BCUT2D eigenvalue weighted by atomic mass is 79.9. The van der Waals surface area contributed by atoms with Crippen molar-refractivity contribution in [2.24, 2.45) is 0 Å². The van der Waals surface area contributed by atoms with E-state index in [1.54, 1.807) is 12.1 Å². The molecule has 25 heavy (non-hydrogen) atoms. The zero-order chi connectivity index (χ0) is 17.6. The molecule has 3 rings (SSSR count). The van der Waals surface area contributed by atoms with Crippen LogP contribution in [0, 0.1) is 6.92 Å². The Hall–Kier alpha value is -2.73. The molecule has 0 atom stereocenters. The first-order chi connectivity index (χ1) is 12.1. The number of carbonyl (C=O) groups excluding carboxylic acids is 1. The van der Waals surface area contributed by atoms with Gasteiger partial charge in [0.05, 0.1) is 6.42 Å². The average molecular weight is 397 g/mol. The smallest absolute Gasteiger partial charge is 0.229 e. The number of hydrogen-bond donors (Lipinski definition) is 2. The number of hydrogen-bond acceptors (Lipinski definition) is 4. The van der Waals surface area contributed by atoms with Crippen LogP contribution < -0.4 is 10.6 Å². The number of rotatable bonds is 5. The Bertz CT molecular complexity index is 881. The number of amides is 1. The molecule has 0 fully saturated rings. The Morgan fingerprint density at radius 2 is 1.76 bits per heavy atom. The second-order valence-corrected chi connectivity index (χ2v) is 6.51. The Balaban J connectivity index is 1.60. The van der Waals surface area contributed by atoms with Gasteiger partial charge in [-0.1, -0.05) is 46.3 Å². The van der Waals surface area contributed by atoms with Gasteiger partial charge in [-0.15, -0.1) is 10.2 Å². The Morgan fingerprint density at radius 3 is 2.48 bits per heavy atom. The molecule has 0 saturated heterocycles. The third-order valence-electron chi connectivity index (χ3n) is 3.59. The molecule has 2 aromatic carbocycles. The maximum atomic E-state index is 12.1. The van der Waals surface area contributed by atoms with Gasteiger partial charge in [-0.25, -0.2) is 0 Å². The van der Waals surface area contributed by atoms with Crippen molar-refractivity contribution in [3.05, 3.63) is 76.3 Å². The summed E-state index contributed by atoms with van der Waals surface area (Å²) in [6, 6.07) is 19.1. The van der Waals surface area contributed by atoms with Crippen LogP contribution in [0.2, 0.25) is 0 Å². The second-order valence-electron chi connectivity index (χ2n) is 5.60. The molecule has 0 aliphatic heterocycles. The number of aryl methyl sites for hydroxylation is 1. The van der Waals surface area contributed by atoms with E-state index in [1.165, 1.54) is 0 Å². The first-order valence-electron chi connectivity index (χ1n) is 7.81. The molecule has 6 heteroatoms. The normalized spacial score (nSPS) is 10.3. The molecule has 0 aliphatic carbocycles. The fourth-order valence-electron chi connectivity index (χ4n) is 2.34. The minimum atomic E-state index is -0.132. The van der Waals surface area contributed by atoms with Gasteiger partial charge >= 0.3 is 0 Å². The van der Waals surface area contributed by atoms with Crippen LogP contribution in [0.4, 0.5) is 17.3 Å². The number of halogens is 1. The SMILES string of the molecule is Cc1ccccc1Nc1ccc(NC(=O)Cc2cccc(Br)c2)nn1. The van der Waals surface area contributed by atoms with Crippen LogP contribution in [-0.2, 0) is 11.2 Å². The minimum Gasteiger partial charge on any atom is -0.339 e. The lowest BCUT2D eigenvalue weighted by Crippen LogP contribution is -2.15. The van der Waals surface area contributed by atoms with E-state index in [4.69, 9.17) is 0 Å². The number of nitrogens with one attached hydrogen (secondary N) is 2. The summed E-state index contributed by atoms with van der Waals surface area (Å²) in [5.74, 6) is 0.918. The molecule has 0 radical (unpaired) electrons. The van der Waals surface area contributed by atoms with Crippen LogP contribution in [0.15, 0.2) is 65.1 Å². The Kier molecular flexibility index (Phi) is 5.40. The topological polar surface area (TPSA) is 66.9 Å². The average Bonchev–Trinajstić information content (AvgIpc) is 2.58. The maximum Gasteiger partial charge on any atom is 0.229 e. The van der Waals surface area contributed by atoms with Crippen LogP contribution in [0.1, 0.15) is 11.1 Å². The van der Waals surface area contributed by atoms with Crippen molar-refractivity contribution in [2.45, 2.75) is 13.3 Å². The lowest BCUT2D eigenvalue weighted by Gasteiger charge is -2.09. The van der Waals surface area contributed by atoms with Crippen LogP contribution in [0.25, 0.3) is 0 Å². The number of nitrogens with zero attached hydrogens (tertiary/aromatic N) is 2. The third kappa shape index (κ3) is 4.87. The second kappa shape index (κ2) is 7.90. The van der Waals surface area contributed by atoms with Crippen molar-refractivity contribution in [1.29, 1.82) is 0 Å². The maximum absolute atomic E-state index is 12.1. The van der Waals surface area contributed by atoms with Crippen LogP contribution >= 0.6 is 15.9 Å². The Labute approximate surface area is 154 Å². The highest BCUT2D eigenvalue weighted by Gasteiger charge is 2.06. The highest BCUT2D eigenvalue weighted by molar-refractivity contribution is 9.10. The van der Waals surface area contributed by atoms with E-state index in [0.29, 0.717) is 11.6 Å². The van der Waals surface area contributed by atoms with Crippen LogP contribution in [0.5, 0.6) is 0 Å². The van der Waals surface area contributed by atoms with Crippen molar-refractivity contribution in [3.63, 3.8) is 0 Å². The highest BCUT2D eigenvalue weighted by Crippen LogP contribution is 2.18. The van der Waals surface area contributed by atoms with Gasteiger partial charge in [0, 0.05) is 10.2 Å². The quantitative estimate of drug-likeness (QED) is 0.667. The molecule has 0 spiro atoms. The molecule has 0 saturated carbocycles. The fourth-order valence-corrected chi connectivity index (χ4v) is 2.78. The summed E-state index contributed by atoms with van der Waals surface area (Å²) in [6.45, 7) is 2.02. The first-order valence-corrected chi connectivity index (χ1v) is 8.60. The summed E-state index contributed by atoms with van der Waals surface area (Å²) in [7, 11) is 0. The van der Waals surface area contributed by atoms with Gasteiger partial charge < -0.3 is 10.6 Å². The van der Waals surface area contributed by atoms with Crippen molar-refractivity contribution >= 4 is 39.2 Å². The molecule has 0 aliphatic rings. The number of benzene rings is 2. The molecular weight excluding hydrogens is 380 g/mol. The number of anilines is 3. The van der Waals surface area contributed by atoms with Gasteiger partial charge in [0.2, 0.25) is 5.91 Å². The number of para-hydroxylation sites is 1. The van der Waals surface area contributed by atoms with Gasteiger partial charge in [0.1, 0.15) is 0 Å². The standard InChI is InChI=1S/C19H17BrN4O/c1-13-5-2-3-8-16(13)21-17-9-10-18(24-23-17)22-19(25)12-14-6-4-7-15(20)11-14/h2-11H,12H2,1H3,(H,21,23)(H,22,24,25). The van der Waals surface area contributed by atoms with E-state index < -0.39 is 0 Å². The molecular formula is C19H17BrN4O. The molecule has 1 amide bonds. The van der Waals surface area contributed by atoms with Crippen molar-refractivity contribution in [1.82, 2.24) is 10.2 Å². The summed E-state index contributed by atoms with van der Waals surface area (Å²) in [4.78, 5) is 12.1. The molecule has 3 aromatic rings. The van der Waals surface area contributed by atoms with Crippen LogP contribution in [0.3, 0.4) is 0 Å². The van der Waals surface area contributed by atoms with Gasteiger partial charge in [0.25, 0.3) is 0 Å². The molecule has 126 valence electrons. The summed E-state index contributed by atoms with van der Waals surface area (Å²) >= 11 is 3.40. The van der Waals surface area contributed by atoms with E-state index in [-0.39, 0.29) is 12.3 Å². The van der Waals surface area contributed by atoms with E-state index in [9.17, 15) is 4.79 Å². The number of carbonyl (C=O) groups is 1. The lowest BCUT2D eigenvalue weighted by atomic mass is 10.1. The summed E-state index contributed by atoms with van der Waals surface area (Å²) in [5, 5.41) is 14.1. The van der Waals surface area contributed by atoms with Crippen molar-refractivity contribution in [3.8, 4) is 0 Å². The van der Waals surface area contributed by atoms with Gasteiger partial charge in [-0.3, -0.25) is 4.79 Å². The van der Waals surface area contributed by atoms with Gasteiger partial charge in [-0.05, 0) is 48.4 Å². The molecule has 0 bridgehead atoms. The summed E-state index contributed by atoms with van der Waals surface area (Å²) < 4.78 is 0.948. The van der Waals surface area contributed by atoms with E-state index in [1.807, 2.05) is 55.5 Å². The number of aromatic nitrogens is 2. The molecule has 1 aromatic heterocycles. The predicted molar refractivity (Wildman–Crippen MR) is 103 cm³/mol. The molecule has 1 heterocycles. The monoisotopic (exact) mass is 396 g/mol. The van der Waals surface area contributed by atoms with Crippen molar-refractivity contribution in [2.75, 3.05) is 10.6 Å². The zero-order valence-corrected chi connectivity index (χ0v) is 15.2. The fraction of sp³-hybridized carbons (Fsp3) is 0.105. The van der Waals surface area contributed by atoms with E-state index in [0.717, 1.165) is 21.3 Å². The lowest BCUT2D eigenvalue weighted by molar-refractivity contribution is -0.115. The van der Waals surface area contributed by atoms with Gasteiger partial charge in [-0.2, -0.15) is 0 Å². The van der Waals surface area contributed by atoms with Gasteiger partial charge in [0.15, 0.2) is 11.6 Å². The third-order valence-corrected chi connectivity index (χ3v) is 4.09. The van der Waals surface area contributed by atoms with Crippen molar-refractivity contribution < 1.29 is 4.79 Å². The Morgan fingerprint density at radius 1 is 1.00 bits per heavy atom. The van der Waals surface area contributed by atoms with Crippen LogP contribution in [-0.4, -0.2) is 16.1 Å². The van der Waals surface area contributed by atoms with E-state index in [2.05, 4.69) is 36.8 Å². The first kappa shape index (κ1) is 17.1. The largest absolute Gasteiger partial charge is 0.339 e. The molecule has 5 nitrogen and oxygen atoms in total.